The van der Waals surface area contributed by atoms with Crippen LogP contribution in [0.5, 0.6) is 0 Å². The van der Waals surface area contributed by atoms with Gasteiger partial charge in [-0.3, -0.25) is 4.79 Å². The predicted molar refractivity (Wildman–Crippen MR) is 86.4 cm³/mol. The monoisotopic (exact) mass is 317 g/mol. The van der Waals surface area contributed by atoms with Gasteiger partial charge in [-0.2, -0.15) is 0 Å². The van der Waals surface area contributed by atoms with Gasteiger partial charge in [-0.05, 0) is 17.7 Å². The first-order valence-corrected chi connectivity index (χ1v) is 7.41. The Kier molecular flexibility index (Phi) is 4.00. The quantitative estimate of drug-likeness (QED) is 0.874. The molecule has 1 aliphatic rings. The number of hydrogen-bond acceptors (Lipinski definition) is 2. The molecule has 0 unspecified atom stereocenters. The number of hydrogen-bond donors (Lipinski definition) is 1. The second-order valence-electron chi connectivity index (χ2n) is 4.93. The third-order valence-electron chi connectivity index (χ3n) is 3.49. The molecule has 0 saturated carbocycles. The van der Waals surface area contributed by atoms with Gasteiger partial charge < -0.3 is 5.32 Å². The number of benzene rings is 2. The second kappa shape index (κ2) is 5.92. The molecule has 21 heavy (non-hydrogen) atoms. The van der Waals surface area contributed by atoms with E-state index in [2.05, 4.69) is 5.32 Å². The van der Waals surface area contributed by atoms with E-state index in [0.717, 1.165) is 16.8 Å². The van der Waals surface area contributed by atoms with Crippen molar-refractivity contribution in [1.29, 1.82) is 0 Å². The summed E-state index contributed by atoms with van der Waals surface area (Å²) in [5.41, 5.74) is 2.48. The van der Waals surface area contributed by atoms with Gasteiger partial charge in [0.05, 0.1) is 6.04 Å². The van der Waals surface area contributed by atoms with Gasteiger partial charge in [-0.1, -0.05) is 59.6 Å². The van der Waals surface area contributed by atoms with Gasteiger partial charge in [0.15, 0.2) is 5.78 Å². The molecule has 106 valence electrons. The summed E-state index contributed by atoms with van der Waals surface area (Å²) < 4.78 is 0. The molecule has 3 rings (SSSR count). The van der Waals surface area contributed by atoms with E-state index in [1.54, 1.807) is 6.08 Å². The molecule has 1 atom stereocenters. The second-order valence-corrected chi connectivity index (χ2v) is 5.74. The lowest BCUT2D eigenvalue weighted by Gasteiger charge is -2.26. The predicted octanol–water partition coefficient (Wildman–Crippen LogP) is 4.64. The molecular weight excluding hydrogens is 305 g/mol. The topological polar surface area (TPSA) is 29.1 Å². The van der Waals surface area contributed by atoms with Gasteiger partial charge in [0.25, 0.3) is 0 Å². The van der Waals surface area contributed by atoms with Gasteiger partial charge in [-0.15, -0.1) is 0 Å². The van der Waals surface area contributed by atoms with Crippen LogP contribution in [0, 0.1) is 0 Å². The minimum absolute atomic E-state index is 0.0635. The van der Waals surface area contributed by atoms with Gasteiger partial charge in [0.1, 0.15) is 0 Å². The fourth-order valence-electron chi connectivity index (χ4n) is 2.48. The van der Waals surface area contributed by atoms with Crippen LogP contribution in [0.2, 0.25) is 10.0 Å². The van der Waals surface area contributed by atoms with Crippen LogP contribution < -0.4 is 5.32 Å². The Bertz CT molecular complexity index is 724. The van der Waals surface area contributed by atoms with Gasteiger partial charge in [0, 0.05) is 33.8 Å². The summed E-state index contributed by atoms with van der Waals surface area (Å²) >= 11 is 12.4. The molecule has 0 amide bonds. The van der Waals surface area contributed by atoms with Crippen molar-refractivity contribution in [2.24, 2.45) is 0 Å². The number of ketones is 1. The summed E-state index contributed by atoms with van der Waals surface area (Å²) in [5, 5.41) is 4.64. The first-order valence-electron chi connectivity index (χ1n) is 6.65. The average molecular weight is 318 g/mol. The number of halogens is 2. The molecule has 0 fully saturated rings. The third kappa shape index (κ3) is 2.97. The normalized spacial score (nSPS) is 18.1. The lowest BCUT2D eigenvalue weighted by Crippen LogP contribution is -2.27. The standard InChI is InChI=1S/C17H13Cl2NO/c18-14-7-3-1-5-12(14)16-9-11(21)10-17(20-16)13-6-2-4-8-15(13)19/h1-9,17,20H,10H2/t17-/m0/s1. The van der Waals surface area contributed by atoms with Crippen molar-refractivity contribution in [2.45, 2.75) is 12.5 Å². The average Bonchev–Trinajstić information content (AvgIpc) is 2.47. The summed E-state index contributed by atoms with van der Waals surface area (Å²) in [5.74, 6) is 0.0635. The molecule has 2 nitrogen and oxygen atoms in total. The number of allylic oxidation sites excluding steroid dienone is 1. The zero-order chi connectivity index (χ0) is 14.8. The van der Waals surface area contributed by atoms with Crippen molar-refractivity contribution in [3.63, 3.8) is 0 Å². The van der Waals surface area contributed by atoms with E-state index in [4.69, 9.17) is 23.2 Å². The molecule has 4 heteroatoms. The van der Waals surface area contributed by atoms with Gasteiger partial charge in [-0.25, -0.2) is 0 Å². The Labute approximate surface area is 133 Å². The van der Waals surface area contributed by atoms with E-state index in [-0.39, 0.29) is 11.8 Å². The zero-order valence-electron chi connectivity index (χ0n) is 11.1. The van der Waals surface area contributed by atoms with Crippen LogP contribution in [0.4, 0.5) is 0 Å². The maximum Gasteiger partial charge on any atom is 0.160 e. The molecule has 0 saturated heterocycles. The van der Waals surface area contributed by atoms with Crippen molar-refractivity contribution in [3.05, 3.63) is 75.8 Å². The van der Waals surface area contributed by atoms with E-state index >= 15 is 0 Å². The SMILES string of the molecule is O=C1C=C(c2ccccc2Cl)N[C@H](c2ccccc2Cl)C1. The summed E-state index contributed by atoms with van der Waals surface area (Å²) in [6.07, 6.45) is 1.99. The van der Waals surface area contributed by atoms with E-state index < -0.39 is 0 Å². The number of rotatable bonds is 2. The lowest BCUT2D eigenvalue weighted by atomic mass is 9.95. The van der Waals surface area contributed by atoms with Crippen molar-refractivity contribution < 1.29 is 4.79 Å². The smallest absolute Gasteiger partial charge is 0.160 e. The van der Waals surface area contributed by atoms with E-state index in [0.29, 0.717) is 16.5 Å². The molecule has 1 heterocycles. The first-order chi connectivity index (χ1) is 10.1. The largest absolute Gasteiger partial charge is 0.377 e. The molecule has 0 aromatic heterocycles. The Hall–Kier alpha value is -1.77. The van der Waals surface area contributed by atoms with Crippen molar-refractivity contribution in [1.82, 2.24) is 5.32 Å². The molecular formula is C17H13Cl2NO. The van der Waals surface area contributed by atoms with Crippen LogP contribution in [-0.4, -0.2) is 5.78 Å². The third-order valence-corrected chi connectivity index (χ3v) is 4.16. The minimum Gasteiger partial charge on any atom is -0.377 e. The highest BCUT2D eigenvalue weighted by atomic mass is 35.5. The van der Waals surface area contributed by atoms with E-state index in [9.17, 15) is 4.79 Å². The van der Waals surface area contributed by atoms with Crippen LogP contribution >= 0.6 is 23.2 Å². The summed E-state index contributed by atoms with van der Waals surface area (Å²) in [7, 11) is 0. The fourth-order valence-corrected chi connectivity index (χ4v) is 2.99. The first kappa shape index (κ1) is 14.2. The van der Waals surface area contributed by atoms with Crippen LogP contribution in [-0.2, 0) is 4.79 Å². The number of carbonyl (C=O) groups is 1. The Balaban J connectivity index is 1.97. The molecule has 0 spiro atoms. The van der Waals surface area contributed by atoms with E-state index in [1.165, 1.54) is 0 Å². The highest BCUT2D eigenvalue weighted by Gasteiger charge is 2.24. The van der Waals surface area contributed by atoms with Crippen LogP contribution in [0.1, 0.15) is 23.6 Å². The highest BCUT2D eigenvalue weighted by molar-refractivity contribution is 6.32. The fraction of sp³-hybridized carbons (Fsp3) is 0.118. The molecule has 0 radical (unpaired) electrons. The van der Waals surface area contributed by atoms with Crippen molar-refractivity contribution in [2.75, 3.05) is 0 Å². The van der Waals surface area contributed by atoms with Crippen LogP contribution in [0.3, 0.4) is 0 Å². The summed E-state index contributed by atoms with van der Waals surface area (Å²) in [6.45, 7) is 0. The Morgan fingerprint density at radius 2 is 1.62 bits per heavy atom. The van der Waals surface area contributed by atoms with Crippen LogP contribution in [0.15, 0.2) is 54.6 Å². The summed E-state index contributed by atoms with van der Waals surface area (Å²) in [6, 6.07) is 14.9. The highest BCUT2D eigenvalue weighted by Crippen LogP contribution is 2.32. The maximum atomic E-state index is 12.1. The van der Waals surface area contributed by atoms with Crippen molar-refractivity contribution in [3.8, 4) is 0 Å². The molecule has 0 aliphatic carbocycles. The maximum absolute atomic E-state index is 12.1. The van der Waals surface area contributed by atoms with Gasteiger partial charge >= 0.3 is 0 Å². The minimum atomic E-state index is -0.137. The number of carbonyl (C=O) groups excluding carboxylic acids is 1. The van der Waals surface area contributed by atoms with Crippen molar-refractivity contribution >= 4 is 34.7 Å². The molecule has 1 N–H and O–H groups in total. The molecule has 2 aromatic carbocycles. The molecule has 1 aliphatic heterocycles. The zero-order valence-corrected chi connectivity index (χ0v) is 12.7. The summed E-state index contributed by atoms with van der Waals surface area (Å²) in [4.78, 5) is 12.1. The van der Waals surface area contributed by atoms with Gasteiger partial charge in [0.2, 0.25) is 0 Å². The number of nitrogens with one attached hydrogen (secondary N) is 1. The van der Waals surface area contributed by atoms with Crippen LogP contribution in [0.25, 0.3) is 5.70 Å². The molecule has 2 aromatic rings. The Morgan fingerprint density at radius 3 is 2.33 bits per heavy atom. The lowest BCUT2D eigenvalue weighted by molar-refractivity contribution is -0.115. The Morgan fingerprint density at radius 1 is 0.952 bits per heavy atom. The van der Waals surface area contributed by atoms with E-state index in [1.807, 2.05) is 48.5 Å². The molecule has 0 bridgehead atoms.